The van der Waals surface area contributed by atoms with Crippen LogP contribution in [0.15, 0.2) is 42.5 Å². The van der Waals surface area contributed by atoms with Gasteiger partial charge in [0.2, 0.25) is 0 Å². The predicted molar refractivity (Wildman–Crippen MR) is 83.3 cm³/mol. The summed E-state index contributed by atoms with van der Waals surface area (Å²) in [5.74, 6) is -0.165. The number of rotatable bonds is 5. The highest BCUT2D eigenvalue weighted by molar-refractivity contribution is 5.65. The molecule has 0 heterocycles. The predicted octanol–water partition coefficient (Wildman–Crippen LogP) is 4.86. The van der Waals surface area contributed by atoms with E-state index in [9.17, 15) is 4.39 Å². The molecule has 0 saturated heterocycles. The molecule has 0 bridgehead atoms. The van der Waals surface area contributed by atoms with Crippen molar-refractivity contribution in [3.63, 3.8) is 0 Å². The molecule has 1 nitrogen and oxygen atoms in total. The van der Waals surface area contributed by atoms with Gasteiger partial charge in [-0.3, -0.25) is 0 Å². The summed E-state index contributed by atoms with van der Waals surface area (Å²) in [6, 6.07) is 13.8. The standard InChI is InChI=1S/C18H22FN/c1-4-18(20-5-2)15-9-7-14(8-10-15)16-12-13(3)6-11-17(16)19/h6-12,18,20H,4-5H2,1-3H3. The van der Waals surface area contributed by atoms with Crippen LogP contribution in [-0.2, 0) is 0 Å². The fourth-order valence-corrected chi connectivity index (χ4v) is 2.50. The zero-order chi connectivity index (χ0) is 14.5. The van der Waals surface area contributed by atoms with Gasteiger partial charge in [0.1, 0.15) is 5.82 Å². The van der Waals surface area contributed by atoms with E-state index < -0.39 is 0 Å². The molecule has 0 fully saturated rings. The van der Waals surface area contributed by atoms with Gasteiger partial charge in [-0.2, -0.15) is 0 Å². The maximum Gasteiger partial charge on any atom is 0.131 e. The summed E-state index contributed by atoms with van der Waals surface area (Å²) in [4.78, 5) is 0. The molecule has 1 atom stereocenters. The molecule has 1 N–H and O–H groups in total. The first kappa shape index (κ1) is 14.7. The largest absolute Gasteiger partial charge is 0.310 e. The summed E-state index contributed by atoms with van der Waals surface area (Å²) in [7, 11) is 0. The van der Waals surface area contributed by atoms with Gasteiger partial charge in [-0.1, -0.05) is 49.7 Å². The van der Waals surface area contributed by atoms with Crippen LogP contribution in [0.4, 0.5) is 4.39 Å². The maximum absolute atomic E-state index is 13.9. The molecule has 2 aromatic rings. The molecule has 2 aromatic carbocycles. The van der Waals surface area contributed by atoms with Crippen LogP contribution < -0.4 is 5.32 Å². The first-order valence-electron chi connectivity index (χ1n) is 7.25. The number of hydrogen-bond donors (Lipinski definition) is 1. The third-order valence-electron chi connectivity index (χ3n) is 3.60. The Morgan fingerprint density at radius 2 is 1.75 bits per heavy atom. The van der Waals surface area contributed by atoms with Gasteiger partial charge in [-0.25, -0.2) is 4.39 Å². The first-order valence-corrected chi connectivity index (χ1v) is 7.25. The molecule has 0 radical (unpaired) electrons. The minimum absolute atomic E-state index is 0.165. The SMILES string of the molecule is CCNC(CC)c1ccc(-c2cc(C)ccc2F)cc1. The van der Waals surface area contributed by atoms with Crippen LogP contribution in [0.25, 0.3) is 11.1 Å². The minimum Gasteiger partial charge on any atom is -0.310 e. The Labute approximate surface area is 120 Å². The normalized spacial score (nSPS) is 12.4. The van der Waals surface area contributed by atoms with Crippen molar-refractivity contribution in [1.82, 2.24) is 5.32 Å². The summed E-state index contributed by atoms with van der Waals surface area (Å²) in [6.45, 7) is 7.21. The van der Waals surface area contributed by atoms with E-state index in [1.807, 2.05) is 25.1 Å². The Morgan fingerprint density at radius 3 is 2.35 bits per heavy atom. The van der Waals surface area contributed by atoms with Crippen molar-refractivity contribution in [2.75, 3.05) is 6.54 Å². The number of aryl methyl sites for hydroxylation is 1. The van der Waals surface area contributed by atoms with Gasteiger partial charge in [0.05, 0.1) is 0 Å². The Kier molecular flexibility index (Phi) is 4.91. The van der Waals surface area contributed by atoms with Crippen LogP contribution >= 0.6 is 0 Å². The summed E-state index contributed by atoms with van der Waals surface area (Å²) in [6.07, 6.45) is 1.05. The third kappa shape index (κ3) is 3.26. The van der Waals surface area contributed by atoms with Gasteiger partial charge in [0.15, 0.2) is 0 Å². The van der Waals surface area contributed by atoms with Crippen molar-refractivity contribution < 1.29 is 4.39 Å². The van der Waals surface area contributed by atoms with E-state index in [4.69, 9.17) is 0 Å². The third-order valence-corrected chi connectivity index (χ3v) is 3.60. The van der Waals surface area contributed by atoms with Crippen molar-refractivity contribution in [3.8, 4) is 11.1 Å². The molecule has 106 valence electrons. The fourth-order valence-electron chi connectivity index (χ4n) is 2.50. The highest BCUT2D eigenvalue weighted by Gasteiger charge is 2.09. The van der Waals surface area contributed by atoms with Crippen LogP contribution in [-0.4, -0.2) is 6.54 Å². The number of halogens is 1. The lowest BCUT2D eigenvalue weighted by atomic mass is 9.98. The number of benzene rings is 2. The molecule has 0 amide bonds. The van der Waals surface area contributed by atoms with Crippen LogP contribution in [0.3, 0.4) is 0 Å². The fraction of sp³-hybridized carbons (Fsp3) is 0.333. The van der Waals surface area contributed by atoms with Crippen LogP contribution in [0.1, 0.15) is 37.4 Å². The molecule has 1 unspecified atom stereocenters. The van der Waals surface area contributed by atoms with Gasteiger partial charge >= 0.3 is 0 Å². The van der Waals surface area contributed by atoms with Crippen molar-refractivity contribution in [3.05, 3.63) is 59.4 Å². The molecular weight excluding hydrogens is 249 g/mol. The molecule has 0 saturated carbocycles. The monoisotopic (exact) mass is 271 g/mol. The molecule has 0 aliphatic rings. The van der Waals surface area contributed by atoms with E-state index in [1.54, 1.807) is 6.07 Å². The molecule has 2 rings (SSSR count). The van der Waals surface area contributed by atoms with Crippen LogP contribution in [0.2, 0.25) is 0 Å². The van der Waals surface area contributed by atoms with Crippen LogP contribution in [0, 0.1) is 12.7 Å². The lowest BCUT2D eigenvalue weighted by Crippen LogP contribution is -2.19. The Hall–Kier alpha value is -1.67. The lowest BCUT2D eigenvalue weighted by molar-refractivity contribution is 0.537. The quantitative estimate of drug-likeness (QED) is 0.818. The second kappa shape index (κ2) is 6.67. The highest BCUT2D eigenvalue weighted by Crippen LogP contribution is 2.26. The van der Waals surface area contributed by atoms with E-state index in [1.165, 1.54) is 11.6 Å². The number of nitrogens with one attached hydrogen (secondary N) is 1. The van der Waals surface area contributed by atoms with Crippen molar-refractivity contribution in [2.45, 2.75) is 33.2 Å². The average Bonchev–Trinajstić information content (AvgIpc) is 2.47. The molecule has 20 heavy (non-hydrogen) atoms. The second-order valence-electron chi connectivity index (χ2n) is 5.12. The van der Waals surface area contributed by atoms with Gasteiger partial charge in [-0.15, -0.1) is 0 Å². The van der Waals surface area contributed by atoms with Gasteiger partial charge in [0.25, 0.3) is 0 Å². The molecular formula is C18H22FN. The molecule has 2 heteroatoms. The van der Waals surface area contributed by atoms with E-state index in [0.29, 0.717) is 11.6 Å². The smallest absolute Gasteiger partial charge is 0.131 e. The topological polar surface area (TPSA) is 12.0 Å². The summed E-state index contributed by atoms with van der Waals surface area (Å²) in [5.41, 5.74) is 3.94. The molecule has 0 aromatic heterocycles. The zero-order valence-corrected chi connectivity index (χ0v) is 12.4. The molecule has 0 spiro atoms. The highest BCUT2D eigenvalue weighted by atomic mass is 19.1. The van der Waals surface area contributed by atoms with Crippen molar-refractivity contribution >= 4 is 0 Å². The summed E-state index contributed by atoms with van der Waals surface area (Å²) >= 11 is 0. The van der Waals surface area contributed by atoms with Crippen molar-refractivity contribution in [2.24, 2.45) is 0 Å². The first-order chi connectivity index (χ1) is 9.65. The Morgan fingerprint density at radius 1 is 1.05 bits per heavy atom. The van der Waals surface area contributed by atoms with E-state index >= 15 is 0 Å². The van der Waals surface area contributed by atoms with Gasteiger partial charge in [0, 0.05) is 11.6 Å². The van der Waals surface area contributed by atoms with E-state index in [0.717, 1.165) is 24.1 Å². The Balaban J connectivity index is 2.30. The average molecular weight is 271 g/mol. The second-order valence-corrected chi connectivity index (χ2v) is 5.12. The minimum atomic E-state index is -0.165. The summed E-state index contributed by atoms with van der Waals surface area (Å²) in [5, 5.41) is 3.45. The molecule has 0 aliphatic carbocycles. The summed E-state index contributed by atoms with van der Waals surface area (Å²) < 4.78 is 13.9. The molecule has 0 aliphatic heterocycles. The number of hydrogen-bond acceptors (Lipinski definition) is 1. The Bertz CT molecular complexity index is 560. The van der Waals surface area contributed by atoms with Gasteiger partial charge < -0.3 is 5.32 Å². The lowest BCUT2D eigenvalue weighted by Gasteiger charge is -2.16. The van der Waals surface area contributed by atoms with E-state index in [2.05, 4.69) is 31.3 Å². The van der Waals surface area contributed by atoms with Crippen LogP contribution in [0.5, 0.6) is 0 Å². The van der Waals surface area contributed by atoms with E-state index in [-0.39, 0.29) is 5.82 Å². The van der Waals surface area contributed by atoms with Crippen molar-refractivity contribution in [1.29, 1.82) is 0 Å². The van der Waals surface area contributed by atoms with Gasteiger partial charge in [-0.05, 0) is 43.1 Å². The maximum atomic E-state index is 13.9. The zero-order valence-electron chi connectivity index (χ0n) is 12.4.